The second kappa shape index (κ2) is 6.64. The van der Waals surface area contributed by atoms with Gasteiger partial charge in [0.1, 0.15) is 0 Å². The molecule has 108 valence electrons. The lowest BCUT2D eigenvalue weighted by Crippen LogP contribution is -2.44. The Balaban J connectivity index is 1.58. The van der Waals surface area contributed by atoms with Crippen LogP contribution in [0.2, 0.25) is 5.02 Å². The summed E-state index contributed by atoms with van der Waals surface area (Å²) in [6.07, 6.45) is 1.85. The molecule has 0 amide bonds. The van der Waals surface area contributed by atoms with Crippen molar-refractivity contribution < 1.29 is 0 Å². The van der Waals surface area contributed by atoms with Gasteiger partial charge in [-0.2, -0.15) is 5.10 Å². The molecule has 0 aliphatic carbocycles. The van der Waals surface area contributed by atoms with Gasteiger partial charge in [-0.1, -0.05) is 48.0 Å². The van der Waals surface area contributed by atoms with E-state index in [-0.39, 0.29) is 0 Å². The van der Waals surface area contributed by atoms with Gasteiger partial charge in [0.05, 0.1) is 19.3 Å². The molecule has 1 aliphatic heterocycles. The molecule has 1 heterocycles. The highest BCUT2D eigenvalue weighted by Crippen LogP contribution is 2.16. The molecule has 2 aromatic carbocycles. The van der Waals surface area contributed by atoms with Gasteiger partial charge in [-0.15, -0.1) is 0 Å². The van der Waals surface area contributed by atoms with E-state index in [1.165, 1.54) is 5.69 Å². The molecule has 0 atom stereocenters. The van der Waals surface area contributed by atoms with E-state index >= 15 is 0 Å². The number of hydrazone groups is 1. The lowest BCUT2D eigenvalue weighted by Gasteiger charge is -2.34. The van der Waals surface area contributed by atoms with Gasteiger partial charge in [0.2, 0.25) is 0 Å². The minimum absolute atomic E-state index is 0.740. The summed E-state index contributed by atoms with van der Waals surface area (Å²) < 4.78 is 0. The van der Waals surface area contributed by atoms with Crippen molar-refractivity contribution in [1.82, 2.24) is 5.01 Å². The van der Waals surface area contributed by atoms with Crippen LogP contribution >= 0.6 is 11.6 Å². The third-order valence-electron chi connectivity index (χ3n) is 3.64. The number of anilines is 1. The van der Waals surface area contributed by atoms with Crippen LogP contribution in [-0.4, -0.2) is 37.4 Å². The molecule has 1 fully saturated rings. The second-order valence-electron chi connectivity index (χ2n) is 5.04. The first kappa shape index (κ1) is 14.0. The summed E-state index contributed by atoms with van der Waals surface area (Å²) in [5, 5.41) is 7.38. The Morgan fingerprint density at radius 3 is 2.24 bits per heavy atom. The highest BCUT2D eigenvalue weighted by atomic mass is 35.5. The normalized spacial score (nSPS) is 15.7. The van der Waals surface area contributed by atoms with Crippen molar-refractivity contribution in [1.29, 1.82) is 0 Å². The lowest BCUT2D eigenvalue weighted by atomic mass is 10.2. The van der Waals surface area contributed by atoms with Crippen molar-refractivity contribution >= 4 is 23.5 Å². The molecule has 3 nitrogen and oxygen atoms in total. The predicted octanol–water partition coefficient (Wildman–Crippen LogP) is 3.50. The van der Waals surface area contributed by atoms with E-state index < -0.39 is 0 Å². The molecular weight excluding hydrogens is 282 g/mol. The van der Waals surface area contributed by atoms with Crippen molar-refractivity contribution in [2.75, 3.05) is 31.1 Å². The zero-order chi connectivity index (χ0) is 14.5. The number of halogens is 1. The molecule has 1 aliphatic rings. The van der Waals surface area contributed by atoms with E-state index in [9.17, 15) is 0 Å². The smallest absolute Gasteiger partial charge is 0.0557 e. The van der Waals surface area contributed by atoms with Crippen molar-refractivity contribution in [2.24, 2.45) is 5.10 Å². The highest BCUT2D eigenvalue weighted by Gasteiger charge is 2.15. The average molecular weight is 300 g/mol. The molecular formula is C17H18ClN3. The molecule has 21 heavy (non-hydrogen) atoms. The van der Waals surface area contributed by atoms with Gasteiger partial charge in [0.15, 0.2) is 0 Å². The van der Waals surface area contributed by atoms with E-state index in [1.807, 2.05) is 36.5 Å². The quantitative estimate of drug-likeness (QED) is 0.808. The standard InChI is InChI=1S/C17H18ClN3/c18-17-9-5-4-6-15(17)14-19-21-12-10-20(11-13-21)16-7-2-1-3-8-16/h1-9,14H,10-13H2. The number of para-hydroxylation sites is 1. The van der Waals surface area contributed by atoms with E-state index in [0.29, 0.717) is 0 Å². The van der Waals surface area contributed by atoms with Gasteiger partial charge in [0.25, 0.3) is 0 Å². The van der Waals surface area contributed by atoms with Crippen LogP contribution in [0, 0.1) is 0 Å². The van der Waals surface area contributed by atoms with E-state index in [4.69, 9.17) is 11.6 Å². The van der Waals surface area contributed by atoms with Crippen LogP contribution in [0.3, 0.4) is 0 Å². The van der Waals surface area contributed by atoms with Crippen LogP contribution in [0.5, 0.6) is 0 Å². The maximum atomic E-state index is 6.13. The van der Waals surface area contributed by atoms with E-state index in [1.54, 1.807) is 0 Å². The van der Waals surface area contributed by atoms with Gasteiger partial charge in [-0.05, 0) is 18.2 Å². The molecule has 4 heteroatoms. The first-order chi connectivity index (χ1) is 10.3. The summed E-state index contributed by atoms with van der Waals surface area (Å²) in [7, 11) is 0. The lowest BCUT2D eigenvalue weighted by molar-refractivity contribution is 0.272. The number of nitrogens with zero attached hydrogens (tertiary/aromatic N) is 3. The molecule has 0 bridgehead atoms. The summed E-state index contributed by atoms with van der Waals surface area (Å²) in [5.41, 5.74) is 2.25. The predicted molar refractivity (Wildman–Crippen MR) is 89.3 cm³/mol. The van der Waals surface area contributed by atoms with Crippen LogP contribution < -0.4 is 4.90 Å². The Bertz CT molecular complexity index is 604. The fourth-order valence-electron chi connectivity index (χ4n) is 2.43. The number of hydrogen-bond acceptors (Lipinski definition) is 3. The Kier molecular flexibility index (Phi) is 4.41. The molecule has 1 saturated heterocycles. The second-order valence-corrected chi connectivity index (χ2v) is 5.45. The zero-order valence-corrected chi connectivity index (χ0v) is 12.6. The molecule has 0 radical (unpaired) electrons. The first-order valence-electron chi connectivity index (χ1n) is 7.16. The van der Waals surface area contributed by atoms with Crippen molar-refractivity contribution in [3.05, 3.63) is 65.2 Å². The molecule has 0 unspecified atom stereocenters. The monoisotopic (exact) mass is 299 g/mol. The fourth-order valence-corrected chi connectivity index (χ4v) is 2.62. The summed E-state index contributed by atoms with van der Waals surface area (Å²) in [6.45, 7) is 3.83. The third kappa shape index (κ3) is 3.56. The third-order valence-corrected chi connectivity index (χ3v) is 3.99. The van der Waals surface area contributed by atoms with Crippen molar-refractivity contribution in [2.45, 2.75) is 0 Å². The summed E-state index contributed by atoms with van der Waals surface area (Å²) in [5.74, 6) is 0. The molecule has 3 rings (SSSR count). The Morgan fingerprint density at radius 2 is 1.52 bits per heavy atom. The highest BCUT2D eigenvalue weighted by molar-refractivity contribution is 6.33. The maximum absolute atomic E-state index is 6.13. The van der Waals surface area contributed by atoms with Crippen LogP contribution in [-0.2, 0) is 0 Å². The number of hydrogen-bond donors (Lipinski definition) is 0. The first-order valence-corrected chi connectivity index (χ1v) is 7.54. The number of piperazine rings is 1. The molecule has 0 saturated carbocycles. The van der Waals surface area contributed by atoms with Crippen LogP contribution in [0.15, 0.2) is 59.7 Å². The van der Waals surface area contributed by atoms with Gasteiger partial charge in [-0.25, -0.2) is 0 Å². The minimum atomic E-state index is 0.740. The van der Waals surface area contributed by atoms with E-state index in [2.05, 4.69) is 39.3 Å². The topological polar surface area (TPSA) is 18.8 Å². The SMILES string of the molecule is Clc1ccccc1C=NN1CCN(c2ccccc2)CC1. The Labute approximate surface area is 130 Å². The summed E-state index contributed by atoms with van der Waals surface area (Å²) >= 11 is 6.13. The minimum Gasteiger partial charge on any atom is -0.368 e. The van der Waals surface area contributed by atoms with Gasteiger partial charge >= 0.3 is 0 Å². The van der Waals surface area contributed by atoms with Crippen LogP contribution in [0.25, 0.3) is 0 Å². The fraction of sp³-hybridized carbons (Fsp3) is 0.235. The summed E-state index contributed by atoms with van der Waals surface area (Å²) in [4.78, 5) is 2.39. The Hall–Kier alpha value is -2.00. The number of rotatable bonds is 3. The molecule has 0 N–H and O–H groups in total. The van der Waals surface area contributed by atoms with Crippen molar-refractivity contribution in [3.8, 4) is 0 Å². The number of benzene rings is 2. The van der Waals surface area contributed by atoms with Gasteiger partial charge in [-0.3, -0.25) is 5.01 Å². The van der Waals surface area contributed by atoms with Gasteiger partial charge < -0.3 is 4.90 Å². The van der Waals surface area contributed by atoms with Crippen molar-refractivity contribution in [3.63, 3.8) is 0 Å². The molecule has 0 spiro atoms. The maximum Gasteiger partial charge on any atom is 0.0557 e. The molecule has 0 aromatic heterocycles. The van der Waals surface area contributed by atoms with E-state index in [0.717, 1.165) is 36.8 Å². The van der Waals surface area contributed by atoms with Crippen LogP contribution in [0.1, 0.15) is 5.56 Å². The zero-order valence-electron chi connectivity index (χ0n) is 11.8. The average Bonchev–Trinajstić information content (AvgIpc) is 2.55. The summed E-state index contributed by atoms with van der Waals surface area (Å²) in [6, 6.07) is 18.3. The van der Waals surface area contributed by atoms with Crippen LogP contribution in [0.4, 0.5) is 5.69 Å². The largest absolute Gasteiger partial charge is 0.368 e. The van der Waals surface area contributed by atoms with Gasteiger partial charge in [0, 0.05) is 29.4 Å². The molecule has 2 aromatic rings. The Morgan fingerprint density at radius 1 is 0.857 bits per heavy atom.